The standard InChI is InChI=1S/C19H30N4O2/c1-14-11-15(2)23(20-14)13-18-8-6-10-22(18)19(25)12-17-7-4-5-9-21(17)16(3)24/h11,17-18H,4-10,12-13H2,1-3H3/t17-,18+/m0/s1. The van der Waals surface area contributed by atoms with Crippen molar-refractivity contribution < 1.29 is 9.59 Å². The number of nitrogens with zero attached hydrogens (tertiary/aromatic N) is 4. The minimum atomic E-state index is 0.0775. The molecule has 3 heterocycles. The molecule has 6 heteroatoms. The molecule has 0 bridgehead atoms. The second-order valence-corrected chi connectivity index (χ2v) is 7.56. The summed E-state index contributed by atoms with van der Waals surface area (Å²) in [6.45, 7) is 8.07. The Kier molecular flexibility index (Phi) is 5.45. The molecule has 2 fully saturated rings. The van der Waals surface area contributed by atoms with Gasteiger partial charge < -0.3 is 9.80 Å². The molecule has 1 aromatic rings. The second kappa shape index (κ2) is 7.58. The first kappa shape index (κ1) is 18.0. The Labute approximate surface area is 150 Å². The number of aryl methyl sites for hydroxylation is 2. The van der Waals surface area contributed by atoms with Gasteiger partial charge in [-0.3, -0.25) is 14.3 Å². The normalized spacial score (nSPS) is 24.0. The Balaban J connectivity index is 1.64. The number of hydrogen-bond donors (Lipinski definition) is 0. The number of rotatable bonds is 4. The Morgan fingerprint density at radius 1 is 1.08 bits per heavy atom. The van der Waals surface area contributed by atoms with Gasteiger partial charge in [0.1, 0.15) is 0 Å². The van der Waals surface area contributed by atoms with Gasteiger partial charge in [-0.15, -0.1) is 0 Å². The predicted molar refractivity (Wildman–Crippen MR) is 96.1 cm³/mol. The van der Waals surface area contributed by atoms with Gasteiger partial charge in [0.2, 0.25) is 11.8 Å². The molecule has 0 saturated carbocycles. The molecule has 0 N–H and O–H groups in total. The van der Waals surface area contributed by atoms with Crippen molar-refractivity contribution in [3.8, 4) is 0 Å². The van der Waals surface area contributed by atoms with Crippen LogP contribution in [-0.4, -0.2) is 56.6 Å². The first-order valence-corrected chi connectivity index (χ1v) is 9.53. The molecule has 138 valence electrons. The fourth-order valence-electron chi connectivity index (χ4n) is 4.36. The second-order valence-electron chi connectivity index (χ2n) is 7.56. The van der Waals surface area contributed by atoms with E-state index in [2.05, 4.69) is 18.1 Å². The molecule has 0 spiro atoms. The van der Waals surface area contributed by atoms with E-state index in [1.807, 2.05) is 21.4 Å². The first-order valence-electron chi connectivity index (χ1n) is 9.53. The van der Waals surface area contributed by atoms with Crippen molar-refractivity contribution in [3.63, 3.8) is 0 Å². The van der Waals surface area contributed by atoms with Crippen molar-refractivity contribution in [1.29, 1.82) is 0 Å². The van der Waals surface area contributed by atoms with Crippen LogP contribution in [0.1, 0.15) is 56.8 Å². The summed E-state index contributed by atoms with van der Waals surface area (Å²) in [6.07, 6.45) is 5.65. The number of amides is 2. The number of hydrogen-bond acceptors (Lipinski definition) is 3. The molecule has 2 saturated heterocycles. The van der Waals surface area contributed by atoms with Gasteiger partial charge in [-0.1, -0.05) is 0 Å². The van der Waals surface area contributed by atoms with Crippen molar-refractivity contribution in [2.45, 2.75) is 77.9 Å². The minimum absolute atomic E-state index is 0.0775. The Bertz CT molecular complexity index is 639. The topological polar surface area (TPSA) is 58.4 Å². The Hall–Kier alpha value is -1.85. The molecule has 2 amide bonds. The van der Waals surface area contributed by atoms with E-state index in [0.29, 0.717) is 6.42 Å². The SMILES string of the molecule is CC(=O)N1CCCC[C@H]1CC(=O)N1CCC[C@@H]1Cn1nc(C)cc1C. The average Bonchev–Trinajstić information content (AvgIpc) is 3.14. The summed E-state index contributed by atoms with van der Waals surface area (Å²) >= 11 is 0. The zero-order chi connectivity index (χ0) is 18.0. The van der Waals surface area contributed by atoms with Gasteiger partial charge in [0, 0.05) is 38.2 Å². The fraction of sp³-hybridized carbons (Fsp3) is 0.737. The lowest BCUT2D eigenvalue weighted by Crippen LogP contribution is -2.47. The summed E-state index contributed by atoms with van der Waals surface area (Å²) < 4.78 is 2.02. The number of likely N-dealkylation sites (tertiary alicyclic amines) is 2. The molecular formula is C19H30N4O2. The van der Waals surface area contributed by atoms with Gasteiger partial charge >= 0.3 is 0 Å². The van der Waals surface area contributed by atoms with Gasteiger partial charge in [-0.25, -0.2) is 0 Å². The summed E-state index contributed by atoms with van der Waals surface area (Å²) in [5.74, 6) is 0.292. The highest BCUT2D eigenvalue weighted by Crippen LogP contribution is 2.25. The molecule has 25 heavy (non-hydrogen) atoms. The van der Waals surface area contributed by atoms with Crippen LogP contribution in [0.5, 0.6) is 0 Å². The number of piperidine rings is 1. The Morgan fingerprint density at radius 3 is 2.48 bits per heavy atom. The first-order chi connectivity index (χ1) is 12.0. The monoisotopic (exact) mass is 346 g/mol. The van der Waals surface area contributed by atoms with Crippen molar-refractivity contribution in [3.05, 3.63) is 17.5 Å². The highest BCUT2D eigenvalue weighted by molar-refractivity contribution is 5.79. The number of carbonyl (C=O) groups is 2. The van der Waals surface area contributed by atoms with Crippen LogP contribution in [0, 0.1) is 13.8 Å². The predicted octanol–water partition coefficient (Wildman–Crippen LogP) is 2.28. The molecule has 1 aromatic heterocycles. The smallest absolute Gasteiger partial charge is 0.224 e. The number of aromatic nitrogens is 2. The maximum Gasteiger partial charge on any atom is 0.224 e. The highest BCUT2D eigenvalue weighted by atomic mass is 16.2. The lowest BCUT2D eigenvalue weighted by atomic mass is 9.98. The maximum atomic E-state index is 12.9. The molecule has 3 rings (SSSR count). The third-order valence-corrected chi connectivity index (χ3v) is 5.63. The van der Waals surface area contributed by atoms with Crippen LogP contribution in [0.15, 0.2) is 6.07 Å². The van der Waals surface area contributed by atoms with Crippen molar-refractivity contribution in [1.82, 2.24) is 19.6 Å². The van der Waals surface area contributed by atoms with E-state index in [0.717, 1.165) is 63.1 Å². The molecule has 0 unspecified atom stereocenters. The molecule has 2 aliphatic heterocycles. The molecule has 0 aliphatic carbocycles. The van der Waals surface area contributed by atoms with Crippen LogP contribution in [0.25, 0.3) is 0 Å². The summed E-state index contributed by atoms with van der Waals surface area (Å²) in [6, 6.07) is 2.38. The van der Waals surface area contributed by atoms with E-state index >= 15 is 0 Å². The zero-order valence-corrected chi connectivity index (χ0v) is 15.7. The van der Waals surface area contributed by atoms with E-state index in [1.54, 1.807) is 6.92 Å². The van der Waals surface area contributed by atoms with Crippen LogP contribution >= 0.6 is 0 Å². The van der Waals surface area contributed by atoms with Crippen molar-refractivity contribution >= 4 is 11.8 Å². The van der Waals surface area contributed by atoms with E-state index in [4.69, 9.17) is 0 Å². The third-order valence-electron chi connectivity index (χ3n) is 5.63. The van der Waals surface area contributed by atoms with Crippen molar-refractivity contribution in [2.75, 3.05) is 13.1 Å². The molecule has 0 aromatic carbocycles. The van der Waals surface area contributed by atoms with Crippen molar-refractivity contribution in [2.24, 2.45) is 0 Å². The lowest BCUT2D eigenvalue weighted by Gasteiger charge is -2.36. The van der Waals surface area contributed by atoms with Crippen LogP contribution in [0.2, 0.25) is 0 Å². The summed E-state index contributed by atoms with van der Waals surface area (Å²) in [7, 11) is 0. The van der Waals surface area contributed by atoms with Gasteiger partial charge in [-0.2, -0.15) is 5.10 Å². The molecule has 2 atom stereocenters. The largest absolute Gasteiger partial charge is 0.339 e. The maximum absolute atomic E-state index is 12.9. The Morgan fingerprint density at radius 2 is 1.80 bits per heavy atom. The third kappa shape index (κ3) is 4.05. The highest BCUT2D eigenvalue weighted by Gasteiger charge is 2.33. The van der Waals surface area contributed by atoms with Gasteiger partial charge in [0.05, 0.1) is 18.3 Å². The lowest BCUT2D eigenvalue weighted by molar-refractivity contribution is -0.137. The zero-order valence-electron chi connectivity index (χ0n) is 15.7. The molecular weight excluding hydrogens is 316 g/mol. The molecule has 0 radical (unpaired) electrons. The summed E-state index contributed by atoms with van der Waals surface area (Å²) in [5.41, 5.74) is 2.17. The summed E-state index contributed by atoms with van der Waals surface area (Å²) in [5, 5.41) is 4.54. The number of carbonyl (C=O) groups excluding carboxylic acids is 2. The minimum Gasteiger partial charge on any atom is -0.339 e. The van der Waals surface area contributed by atoms with E-state index in [-0.39, 0.29) is 23.9 Å². The summed E-state index contributed by atoms with van der Waals surface area (Å²) in [4.78, 5) is 28.7. The van der Waals surface area contributed by atoms with Crippen LogP contribution in [0.3, 0.4) is 0 Å². The van der Waals surface area contributed by atoms with Gasteiger partial charge in [0.25, 0.3) is 0 Å². The quantitative estimate of drug-likeness (QED) is 0.840. The van der Waals surface area contributed by atoms with E-state index in [1.165, 1.54) is 0 Å². The van der Waals surface area contributed by atoms with Crippen LogP contribution in [0.4, 0.5) is 0 Å². The van der Waals surface area contributed by atoms with Gasteiger partial charge in [0.15, 0.2) is 0 Å². The van der Waals surface area contributed by atoms with Crippen LogP contribution < -0.4 is 0 Å². The molecule has 2 aliphatic rings. The van der Waals surface area contributed by atoms with E-state index in [9.17, 15) is 9.59 Å². The fourth-order valence-corrected chi connectivity index (χ4v) is 4.36. The van der Waals surface area contributed by atoms with Crippen LogP contribution in [-0.2, 0) is 16.1 Å². The van der Waals surface area contributed by atoms with E-state index < -0.39 is 0 Å². The molecule has 6 nitrogen and oxygen atoms in total. The van der Waals surface area contributed by atoms with Gasteiger partial charge in [-0.05, 0) is 52.0 Å². The average molecular weight is 346 g/mol.